The van der Waals surface area contributed by atoms with Gasteiger partial charge in [0.1, 0.15) is 11.7 Å². The van der Waals surface area contributed by atoms with Crippen LogP contribution < -0.4 is 5.32 Å². The van der Waals surface area contributed by atoms with Crippen LogP contribution >= 0.6 is 0 Å². The summed E-state index contributed by atoms with van der Waals surface area (Å²) in [5, 5.41) is 3.59. The van der Waals surface area contributed by atoms with Crippen LogP contribution in [0.15, 0.2) is 238 Å². The smallest absolute Gasteiger partial charge is 0.169 e. The first kappa shape index (κ1) is 43.6. The third kappa shape index (κ3) is 10.3. The van der Waals surface area contributed by atoms with Gasteiger partial charge in [0.2, 0.25) is 0 Å². The largest absolute Gasteiger partial charge is 0.324 e. The predicted molar refractivity (Wildman–Crippen MR) is 278 cm³/mol. The first-order chi connectivity index (χ1) is 31.8. The molecule has 0 saturated heterocycles. The van der Waals surface area contributed by atoms with Crippen molar-refractivity contribution in [2.75, 3.05) is 0 Å². The Morgan fingerprint density at radius 1 is 0.677 bits per heavy atom. The van der Waals surface area contributed by atoms with Gasteiger partial charge in [-0.2, -0.15) is 0 Å². The molecule has 8 rings (SSSR count). The molecular formula is C60H53N5. The van der Waals surface area contributed by atoms with Crippen molar-refractivity contribution in [1.82, 2.24) is 5.32 Å². The van der Waals surface area contributed by atoms with Crippen molar-refractivity contribution in [1.29, 1.82) is 0 Å². The van der Waals surface area contributed by atoms with Gasteiger partial charge in [0, 0.05) is 23.8 Å². The van der Waals surface area contributed by atoms with Gasteiger partial charge in [-0.15, -0.1) is 0 Å². The van der Waals surface area contributed by atoms with E-state index < -0.39 is 6.17 Å². The highest BCUT2D eigenvalue weighted by Gasteiger charge is 2.23. The maximum atomic E-state index is 5.31. The minimum Gasteiger partial charge on any atom is -0.324 e. The SMILES string of the molecule is C=CC(=C1\C=CC=CC1)/C(/C=C\C)=C(\C=C)c1ccc(-c2cc(-c3ccc(CC=Nc4ccccc4N=C)cc3)cc(C3N=C(c4cccc(C)c4)NC(c4cccc(C)c4)=N3)c2)cc1. The Morgan fingerprint density at radius 2 is 1.31 bits per heavy atom. The van der Waals surface area contributed by atoms with E-state index in [1.54, 1.807) is 0 Å². The van der Waals surface area contributed by atoms with Crippen LogP contribution in [0.25, 0.3) is 27.8 Å². The highest BCUT2D eigenvalue weighted by Crippen LogP contribution is 2.36. The van der Waals surface area contributed by atoms with Gasteiger partial charge in [-0.25, -0.2) is 9.98 Å². The average Bonchev–Trinajstić information content (AvgIpc) is 3.35. The molecule has 1 aliphatic heterocycles. The number of aryl methyl sites for hydroxylation is 2. The van der Waals surface area contributed by atoms with Gasteiger partial charge in [-0.05, 0) is 138 Å². The summed E-state index contributed by atoms with van der Waals surface area (Å²) in [6, 6.07) is 48.9. The third-order valence-electron chi connectivity index (χ3n) is 11.6. The molecule has 318 valence electrons. The lowest BCUT2D eigenvalue weighted by Crippen LogP contribution is -2.36. The molecule has 0 spiro atoms. The molecule has 0 bridgehead atoms. The number of aliphatic imine (C=N–C) groups is 4. The van der Waals surface area contributed by atoms with E-state index in [1.165, 1.54) is 5.57 Å². The van der Waals surface area contributed by atoms with Gasteiger partial charge < -0.3 is 5.32 Å². The average molecular weight is 844 g/mol. The number of hydrogen-bond donors (Lipinski definition) is 1. The Balaban J connectivity index is 1.22. The summed E-state index contributed by atoms with van der Waals surface area (Å²) in [7, 11) is 0. The second-order valence-corrected chi connectivity index (χ2v) is 16.1. The molecule has 0 amide bonds. The molecular weight excluding hydrogens is 791 g/mol. The van der Waals surface area contributed by atoms with E-state index in [2.05, 4.69) is 196 Å². The van der Waals surface area contributed by atoms with Crippen LogP contribution in [0.4, 0.5) is 11.4 Å². The van der Waals surface area contributed by atoms with Gasteiger partial charge in [0.15, 0.2) is 6.17 Å². The monoisotopic (exact) mass is 843 g/mol. The number of nitrogens with zero attached hydrogens (tertiary/aromatic N) is 4. The van der Waals surface area contributed by atoms with E-state index in [4.69, 9.17) is 15.0 Å². The van der Waals surface area contributed by atoms with Crippen LogP contribution in [-0.4, -0.2) is 24.6 Å². The van der Waals surface area contributed by atoms with E-state index >= 15 is 0 Å². The molecule has 1 aliphatic carbocycles. The zero-order valence-corrected chi connectivity index (χ0v) is 37.4. The van der Waals surface area contributed by atoms with Crippen LogP contribution in [0.3, 0.4) is 0 Å². The zero-order valence-electron chi connectivity index (χ0n) is 37.4. The van der Waals surface area contributed by atoms with Gasteiger partial charge in [0.25, 0.3) is 0 Å². The Hall–Kier alpha value is -8.02. The Bertz CT molecular complexity index is 2960. The van der Waals surface area contributed by atoms with E-state index in [0.717, 1.165) is 107 Å². The predicted octanol–water partition coefficient (Wildman–Crippen LogP) is 14.9. The van der Waals surface area contributed by atoms with Gasteiger partial charge in [-0.3, -0.25) is 9.98 Å². The molecule has 0 aromatic heterocycles. The molecule has 0 atom stereocenters. The number of rotatable bonds is 14. The number of amidine groups is 2. The fourth-order valence-electron chi connectivity index (χ4n) is 8.25. The van der Waals surface area contributed by atoms with Gasteiger partial charge >= 0.3 is 0 Å². The number of nitrogens with one attached hydrogen (secondary N) is 1. The van der Waals surface area contributed by atoms with Crippen LogP contribution in [-0.2, 0) is 6.42 Å². The van der Waals surface area contributed by atoms with Crippen molar-refractivity contribution in [3.05, 3.63) is 257 Å². The Kier molecular flexibility index (Phi) is 13.7. The summed E-state index contributed by atoms with van der Waals surface area (Å²) >= 11 is 0. The van der Waals surface area contributed by atoms with Gasteiger partial charge in [-0.1, -0.05) is 170 Å². The minimum absolute atomic E-state index is 0.503. The Morgan fingerprint density at radius 3 is 1.86 bits per heavy atom. The molecule has 65 heavy (non-hydrogen) atoms. The van der Waals surface area contributed by atoms with Crippen LogP contribution in [0.2, 0.25) is 0 Å². The summed E-state index contributed by atoms with van der Waals surface area (Å²) in [6.07, 6.45) is 19.6. The van der Waals surface area contributed by atoms with E-state index in [0.29, 0.717) is 6.42 Å². The second kappa shape index (κ2) is 20.4. The molecule has 5 heteroatoms. The van der Waals surface area contributed by atoms with Crippen molar-refractivity contribution >= 4 is 41.6 Å². The molecule has 1 heterocycles. The summed E-state index contributed by atoms with van der Waals surface area (Å²) in [5.74, 6) is 1.57. The summed E-state index contributed by atoms with van der Waals surface area (Å²) < 4.78 is 0. The lowest BCUT2D eigenvalue weighted by molar-refractivity contribution is 0.756. The standard InChI is InChI=1S/C60H53N5/c1-7-17-55(53(8-2)46-20-11-10-12-21-46)54(9-3)47-32-30-45(31-33-47)51-38-50(44-28-26-43(27-29-44)34-35-62-57-25-14-13-24-56(57)61-6)39-52(40-51)60-64-58(48-22-15-18-41(4)36-48)63-59(65-60)49-23-16-19-42(5)37-49/h7-20,22-33,35-40,60H,2-3,6,21,34H2,1,4-5H3,(H,63,64,65)/b17-7-,53-46-,55-54+,62-35?. The zero-order chi connectivity index (χ0) is 45.1. The van der Waals surface area contributed by atoms with Crippen molar-refractivity contribution in [3.8, 4) is 22.3 Å². The van der Waals surface area contributed by atoms with Gasteiger partial charge in [0.05, 0.1) is 11.4 Å². The lowest BCUT2D eigenvalue weighted by atomic mass is 9.88. The molecule has 0 radical (unpaired) electrons. The number of hydrogen-bond acceptors (Lipinski definition) is 5. The lowest BCUT2D eigenvalue weighted by Gasteiger charge is -2.23. The number of allylic oxidation sites excluding steroid dienone is 12. The number of benzene rings is 6. The van der Waals surface area contributed by atoms with Crippen LogP contribution in [0.5, 0.6) is 0 Å². The minimum atomic E-state index is -0.503. The first-order valence-corrected chi connectivity index (χ1v) is 22.0. The third-order valence-corrected chi connectivity index (χ3v) is 11.6. The normalized spacial score (nSPS) is 15.0. The first-order valence-electron chi connectivity index (χ1n) is 22.0. The summed E-state index contributed by atoms with van der Waals surface area (Å²) in [5.41, 5.74) is 17.9. The summed E-state index contributed by atoms with van der Waals surface area (Å²) in [4.78, 5) is 19.4. The van der Waals surface area contributed by atoms with E-state index in [-0.39, 0.29) is 0 Å². The van der Waals surface area contributed by atoms with Crippen LogP contribution in [0, 0.1) is 13.8 Å². The summed E-state index contributed by atoms with van der Waals surface area (Å²) in [6.45, 7) is 18.4. The highest BCUT2D eigenvalue weighted by molar-refractivity contribution is 6.16. The van der Waals surface area contributed by atoms with Crippen LogP contribution in [0.1, 0.15) is 58.5 Å². The van der Waals surface area contributed by atoms with Crippen molar-refractivity contribution in [3.63, 3.8) is 0 Å². The maximum Gasteiger partial charge on any atom is 0.169 e. The van der Waals surface area contributed by atoms with Crippen molar-refractivity contribution in [2.45, 2.75) is 39.8 Å². The Labute approximate surface area is 384 Å². The topological polar surface area (TPSA) is 61.5 Å². The fraction of sp³-hybridized carbons (Fsp3) is 0.100. The highest BCUT2D eigenvalue weighted by atomic mass is 15.2. The van der Waals surface area contributed by atoms with Crippen molar-refractivity contribution < 1.29 is 0 Å². The van der Waals surface area contributed by atoms with Crippen molar-refractivity contribution in [2.24, 2.45) is 20.0 Å². The molecule has 1 N–H and O–H groups in total. The second-order valence-electron chi connectivity index (χ2n) is 16.1. The maximum absolute atomic E-state index is 5.31. The molecule has 5 nitrogen and oxygen atoms in total. The van der Waals surface area contributed by atoms with E-state index in [1.807, 2.05) is 49.6 Å². The fourth-order valence-corrected chi connectivity index (χ4v) is 8.25. The molecule has 2 aliphatic rings. The quantitative estimate of drug-likeness (QED) is 0.0862. The number of para-hydroxylation sites is 2. The molecule has 6 aromatic rings. The molecule has 6 aromatic carbocycles. The molecule has 0 fully saturated rings. The van der Waals surface area contributed by atoms with E-state index in [9.17, 15) is 0 Å². The molecule has 0 saturated carbocycles. The molecule has 0 unspecified atom stereocenters.